The second-order valence-electron chi connectivity index (χ2n) is 5.48. The van der Waals surface area contributed by atoms with Crippen molar-refractivity contribution in [2.24, 2.45) is 22.4 Å². The number of nitrogens with zero attached hydrogens (tertiary/aromatic N) is 2. The molecule has 1 unspecified atom stereocenters. The molecular formula is C13H22N6O5. The minimum absolute atomic E-state index is 0.0920. The zero-order chi connectivity index (χ0) is 18.3. The number of carboxylic acid groups (broad SMARTS) is 1. The fourth-order valence-electron chi connectivity index (χ4n) is 2.11. The van der Waals surface area contributed by atoms with E-state index in [9.17, 15) is 19.2 Å². The topological polar surface area (TPSA) is 180 Å². The van der Waals surface area contributed by atoms with Crippen molar-refractivity contribution < 1.29 is 24.3 Å². The van der Waals surface area contributed by atoms with Gasteiger partial charge in [0.25, 0.3) is 0 Å². The highest BCUT2D eigenvalue weighted by molar-refractivity contribution is 5.99. The Labute approximate surface area is 138 Å². The summed E-state index contributed by atoms with van der Waals surface area (Å²) in [7, 11) is 0. The summed E-state index contributed by atoms with van der Waals surface area (Å²) >= 11 is 0. The minimum Gasteiger partial charge on any atom is -0.480 e. The Morgan fingerprint density at radius 3 is 2.71 bits per heavy atom. The number of carboxylic acids is 1. The second kappa shape index (κ2) is 8.70. The summed E-state index contributed by atoms with van der Waals surface area (Å²) in [6.07, 6.45) is 0.504. The van der Waals surface area contributed by atoms with Gasteiger partial charge < -0.3 is 26.8 Å². The zero-order valence-corrected chi connectivity index (χ0v) is 13.3. The van der Waals surface area contributed by atoms with Crippen LogP contribution in [0.1, 0.15) is 19.8 Å². The summed E-state index contributed by atoms with van der Waals surface area (Å²) in [6, 6.07) is -1.79. The van der Waals surface area contributed by atoms with E-state index in [1.807, 2.05) is 0 Å². The summed E-state index contributed by atoms with van der Waals surface area (Å²) in [5, 5.41) is 13.6. The van der Waals surface area contributed by atoms with Gasteiger partial charge in [-0.15, -0.1) is 0 Å². The molecule has 7 N–H and O–H groups in total. The molecule has 4 amide bonds. The molecule has 0 aliphatic carbocycles. The maximum atomic E-state index is 12.0. The molecule has 1 fully saturated rings. The molecule has 1 aliphatic rings. The SMILES string of the molecule is CC1CN(CC(=O)N[C@@H](CCCN=C(N)N)C(=O)O)C(=O)NC1=O. The lowest BCUT2D eigenvalue weighted by Crippen LogP contribution is -2.56. The summed E-state index contributed by atoms with van der Waals surface area (Å²) in [6.45, 7) is 1.63. The van der Waals surface area contributed by atoms with Crippen LogP contribution in [0.25, 0.3) is 0 Å². The van der Waals surface area contributed by atoms with E-state index in [-0.39, 0.29) is 32.0 Å². The van der Waals surface area contributed by atoms with Crippen LogP contribution in [0.5, 0.6) is 0 Å². The maximum absolute atomic E-state index is 12.0. The molecule has 0 aromatic heterocycles. The van der Waals surface area contributed by atoms with Crippen molar-refractivity contribution >= 4 is 29.8 Å². The van der Waals surface area contributed by atoms with Crippen LogP contribution >= 0.6 is 0 Å². The van der Waals surface area contributed by atoms with E-state index in [1.165, 1.54) is 0 Å². The van der Waals surface area contributed by atoms with E-state index in [2.05, 4.69) is 15.6 Å². The number of carbonyl (C=O) groups excluding carboxylic acids is 3. The first-order valence-corrected chi connectivity index (χ1v) is 7.38. The fraction of sp³-hybridized carbons (Fsp3) is 0.615. The van der Waals surface area contributed by atoms with E-state index < -0.39 is 35.8 Å². The molecule has 1 aliphatic heterocycles. The van der Waals surface area contributed by atoms with Gasteiger partial charge in [-0.3, -0.25) is 19.9 Å². The maximum Gasteiger partial charge on any atom is 0.326 e. The molecule has 0 radical (unpaired) electrons. The first-order valence-electron chi connectivity index (χ1n) is 7.38. The number of guanidine groups is 1. The predicted octanol–water partition coefficient (Wildman–Crippen LogP) is -2.20. The third kappa shape index (κ3) is 6.10. The molecule has 1 rings (SSSR count). The monoisotopic (exact) mass is 342 g/mol. The molecule has 1 saturated heterocycles. The number of aliphatic carboxylic acids is 1. The average molecular weight is 342 g/mol. The summed E-state index contributed by atoms with van der Waals surface area (Å²) in [5.74, 6) is -2.75. The van der Waals surface area contributed by atoms with Crippen molar-refractivity contribution in [2.75, 3.05) is 19.6 Å². The van der Waals surface area contributed by atoms with Gasteiger partial charge in [-0.05, 0) is 12.8 Å². The largest absolute Gasteiger partial charge is 0.480 e. The van der Waals surface area contributed by atoms with Crippen molar-refractivity contribution in [3.8, 4) is 0 Å². The summed E-state index contributed by atoms with van der Waals surface area (Å²) in [4.78, 5) is 51.0. The third-order valence-electron chi connectivity index (χ3n) is 3.37. The van der Waals surface area contributed by atoms with Crippen LogP contribution in [0.3, 0.4) is 0 Å². The van der Waals surface area contributed by atoms with Gasteiger partial charge in [-0.25, -0.2) is 9.59 Å². The van der Waals surface area contributed by atoms with E-state index in [1.54, 1.807) is 6.92 Å². The van der Waals surface area contributed by atoms with E-state index in [0.717, 1.165) is 4.90 Å². The number of nitrogens with two attached hydrogens (primary N) is 2. The van der Waals surface area contributed by atoms with Gasteiger partial charge in [-0.1, -0.05) is 6.92 Å². The van der Waals surface area contributed by atoms with Crippen LogP contribution in [0.4, 0.5) is 4.79 Å². The lowest BCUT2D eigenvalue weighted by molar-refractivity contribution is -0.142. The molecule has 0 aromatic rings. The zero-order valence-electron chi connectivity index (χ0n) is 13.3. The van der Waals surface area contributed by atoms with Gasteiger partial charge in [0.15, 0.2) is 5.96 Å². The Kier molecular flexibility index (Phi) is 6.96. The van der Waals surface area contributed by atoms with Gasteiger partial charge in [0, 0.05) is 13.1 Å². The summed E-state index contributed by atoms with van der Waals surface area (Å²) in [5.41, 5.74) is 10.3. The van der Waals surface area contributed by atoms with Crippen LogP contribution in [-0.4, -0.2) is 65.5 Å². The number of amides is 4. The molecule has 2 atom stereocenters. The number of carbonyl (C=O) groups is 4. The van der Waals surface area contributed by atoms with Crippen molar-refractivity contribution in [3.63, 3.8) is 0 Å². The molecule has 0 bridgehead atoms. The third-order valence-corrected chi connectivity index (χ3v) is 3.37. The first kappa shape index (κ1) is 19.2. The van der Waals surface area contributed by atoms with Crippen LogP contribution in [-0.2, 0) is 14.4 Å². The number of imide groups is 1. The van der Waals surface area contributed by atoms with E-state index in [0.29, 0.717) is 6.42 Å². The van der Waals surface area contributed by atoms with Gasteiger partial charge >= 0.3 is 12.0 Å². The summed E-state index contributed by atoms with van der Waals surface area (Å²) < 4.78 is 0. The van der Waals surface area contributed by atoms with E-state index >= 15 is 0 Å². The average Bonchev–Trinajstić information content (AvgIpc) is 2.47. The van der Waals surface area contributed by atoms with Crippen molar-refractivity contribution in [2.45, 2.75) is 25.8 Å². The molecule has 11 heteroatoms. The lowest BCUT2D eigenvalue weighted by Gasteiger charge is -2.30. The molecule has 134 valence electrons. The van der Waals surface area contributed by atoms with E-state index in [4.69, 9.17) is 16.6 Å². The number of nitrogens with one attached hydrogen (secondary N) is 2. The predicted molar refractivity (Wildman–Crippen MR) is 83.8 cm³/mol. The minimum atomic E-state index is -1.19. The quantitative estimate of drug-likeness (QED) is 0.188. The Morgan fingerprint density at radius 2 is 2.12 bits per heavy atom. The first-order chi connectivity index (χ1) is 11.2. The Morgan fingerprint density at radius 1 is 1.46 bits per heavy atom. The van der Waals surface area contributed by atoms with Crippen LogP contribution in [0.15, 0.2) is 4.99 Å². The fourth-order valence-corrected chi connectivity index (χ4v) is 2.11. The molecule has 0 aromatic carbocycles. The molecule has 24 heavy (non-hydrogen) atoms. The van der Waals surface area contributed by atoms with Crippen molar-refractivity contribution in [1.82, 2.24) is 15.5 Å². The van der Waals surface area contributed by atoms with Crippen LogP contribution in [0, 0.1) is 5.92 Å². The molecule has 0 saturated carbocycles. The molecule has 1 heterocycles. The Hall–Kier alpha value is -2.85. The van der Waals surface area contributed by atoms with Crippen molar-refractivity contribution in [1.29, 1.82) is 0 Å². The number of urea groups is 1. The highest BCUT2D eigenvalue weighted by Crippen LogP contribution is 2.07. The Balaban J connectivity index is 2.50. The highest BCUT2D eigenvalue weighted by atomic mass is 16.4. The molecular weight excluding hydrogens is 320 g/mol. The standard InChI is InChI=1S/C13H22N6O5/c1-7-5-19(13(24)18-10(7)21)6-9(20)17-8(11(22)23)3-2-4-16-12(14)15/h7-8H,2-6H2,1H3,(H,17,20)(H,22,23)(H4,14,15,16)(H,18,21,24)/t7?,8-/m0/s1. The van der Waals surface area contributed by atoms with Gasteiger partial charge in [0.05, 0.1) is 5.92 Å². The number of hydrogen-bond donors (Lipinski definition) is 5. The van der Waals surface area contributed by atoms with Gasteiger partial charge in [0.2, 0.25) is 11.8 Å². The number of rotatable bonds is 8. The number of hydrogen-bond acceptors (Lipinski definition) is 5. The van der Waals surface area contributed by atoms with Crippen LogP contribution in [0.2, 0.25) is 0 Å². The van der Waals surface area contributed by atoms with Crippen LogP contribution < -0.4 is 22.1 Å². The smallest absolute Gasteiger partial charge is 0.326 e. The van der Waals surface area contributed by atoms with Gasteiger partial charge in [0.1, 0.15) is 12.6 Å². The highest BCUT2D eigenvalue weighted by Gasteiger charge is 2.31. The molecule has 11 nitrogen and oxygen atoms in total. The lowest BCUT2D eigenvalue weighted by atomic mass is 10.1. The normalized spacial score (nSPS) is 18.5. The van der Waals surface area contributed by atoms with Gasteiger partial charge in [-0.2, -0.15) is 0 Å². The molecule has 0 spiro atoms. The van der Waals surface area contributed by atoms with Crippen molar-refractivity contribution in [3.05, 3.63) is 0 Å². The number of aliphatic imine (C=N–C) groups is 1. The Bertz CT molecular complexity index is 545. The second-order valence-corrected chi connectivity index (χ2v) is 5.48.